The molecular weight excluding hydrogens is 202 g/mol. The second-order valence-electron chi connectivity index (χ2n) is 4.94. The lowest BCUT2D eigenvalue weighted by Gasteiger charge is -2.38. The molecule has 1 aromatic rings. The monoisotopic (exact) mass is 223 g/mol. The Kier molecular flexibility index (Phi) is 3.61. The highest BCUT2D eigenvalue weighted by Gasteiger charge is 2.32. The normalized spacial score (nSPS) is 18.4. The fraction of sp³-hybridized carbons (Fsp3) is 0.750. The van der Waals surface area contributed by atoms with E-state index in [1.807, 2.05) is 6.20 Å². The molecule has 0 unspecified atom stereocenters. The first kappa shape index (κ1) is 11.6. The fourth-order valence-corrected chi connectivity index (χ4v) is 1.98. The largest absolute Gasteiger partial charge is 0.380 e. The van der Waals surface area contributed by atoms with Crippen LogP contribution < -0.4 is 5.32 Å². The third-order valence-electron chi connectivity index (χ3n) is 3.00. The molecule has 1 saturated heterocycles. The van der Waals surface area contributed by atoms with Crippen LogP contribution in [-0.4, -0.2) is 29.3 Å². The van der Waals surface area contributed by atoms with Crippen molar-refractivity contribution in [1.82, 2.24) is 14.9 Å². The second kappa shape index (κ2) is 4.97. The van der Waals surface area contributed by atoms with Crippen molar-refractivity contribution in [1.29, 1.82) is 0 Å². The van der Waals surface area contributed by atoms with Gasteiger partial charge in [-0.2, -0.15) is 0 Å². The molecule has 1 aliphatic heterocycles. The molecule has 16 heavy (non-hydrogen) atoms. The van der Waals surface area contributed by atoms with Gasteiger partial charge in [-0.1, -0.05) is 13.8 Å². The Morgan fingerprint density at radius 3 is 3.00 bits per heavy atom. The van der Waals surface area contributed by atoms with Crippen LogP contribution in [-0.2, 0) is 17.8 Å². The van der Waals surface area contributed by atoms with Gasteiger partial charge in [0, 0.05) is 30.9 Å². The topological polar surface area (TPSA) is 39.1 Å². The van der Waals surface area contributed by atoms with Crippen molar-refractivity contribution >= 4 is 0 Å². The molecular formula is C12H21N3O. The van der Waals surface area contributed by atoms with Crippen LogP contribution in [0.4, 0.5) is 0 Å². The molecule has 0 aromatic carbocycles. The Hall–Kier alpha value is -0.870. The van der Waals surface area contributed by atoms with E-state index in [1.54, 1.807) is 0 Å². The minimum atomic E-state index is 0.335. The Bertz CT molecular complexity index is 331. The third-order valence-corrected chi connectivity index (χ3v) is 3.00. The molecule has 2 heterocycles. The minimum absolute atomic E-state index is 0.335. The van der Waals surface area contributed by atoms with Crippen molar-refractivity contribution in [3.05, 3.63) is 18.2 Å². The number of hydrogen-bond acceptors (Lipinski definition) is 3. The third kappa shape index (κ3) is 2.62. The molecule has 0 radical (unpaired) electrons. The predicted molar refractivity (Wildman–Crippen MR) is 63.2 cm³/mol. The Labute approximate surface area is 97.0 Å². The number of aromatic nitrogens is 2. The van der Waals surface area contributed by atoms with E-state index < -0.39 is 0 Å². The molecule has 1 aromatic heterocycles. The van der Waals surface area contributed by atoms with Crippen molar-refractivity contribution in [2.45, 2.75) is 33.4 Å². The molecule has 4 heteroatoms. The molecule has 0 spiro atoms. The van der Waals surface area contributed by atoms with Gasteiger partial charge in [0.15, 0.2) is 0 Å². The maximum absolute atomic E-state index is 5.23. The number of imidazole rings is 1. The zero-order valence-corrected chi connectivity index (χ0v) is 10.2. The van der Waals surface area contributed by atoms with E-state index in [0.29, 0.717) is 5.41 Å². The van der Waals surface area contributed by atoms with Gasteiger partial charge in [0.1, 0.15) is 5.82 Å². The summed E-state index contributed by atoms with van der Waals surface area (Å²) in [6, 6.07) is 0. The highest BCUT2D eigenvalue weighted by molar-refractivity contribution is 4.93. The van der Waals surface area contributed by atoms with Crippen LogP contribution in [0.2, 0.25) is 0 Å². The molecule has 4 nitrogen and oxygen atoms in total. The van der Waals surface area contributed by atoms with Crippen molar-refractivity contribution in [3.63, 3.8) is 0 Å². The number of nitrogens with one attached hydrogen (secondary N) is 1. The quantitative estimate of drug-likeness (QED) is 0.792. The lowest BCUT2D eigenvalue weighted by Crippen LogP contribution is -2.47. The van der Waals surface area contributed by atoms with E-state index in [2.05, 4.69) is 34.9 Å². The fourth-order valence-electron chi connectivity index (χ4n) is 1.98. The summed E-state index contributed by atoms with van der Waals surface area (Å²) < 4.78 is 7.44. The zero-order valence-electron chi connectivity index (χ0n) is 10.2. The molecule has 90 valence electrons. The van der Waals surface area contributed by atoms with Gasteiger partial charge >= 0.3 is 0 Å². The maximum atomic E-state index is 5.23. The Balaban J connectivity index is 1.78. The van der Waals surface area contributed by atoms with Gasteiger partial charge in [0.2, 0.25) is 0 Å². The summed E-state index contributed by atoms with van der Waals surface area (Å²) in [6.07, 6.45) is 5.07. The van der Waals surface area contributed by atoms with E-state index in [9.17, 15) is 0 Å². The smallest absolute Gasteiger partial charge is 0.122 e. The summed E-state index contributed by atoms with van der Waals surface area (Å²) in [5, 5.41) is 3.47. The van der Waals surface area contributed by atoms with Crippen LogP contribution in [0, 0.1) is 5.41 Å². The number of ether oxygens (including phenoxy) is 1. The summed E-state index contributed by atoms with van der Waals surface area (Å²) in [6.45, 7) is 9.10. The molecule has 0 bridgehead atoms. The van der Waals surface area contributed by atoms with Gasteiger partial charge in [-0.3, -0.25) is 0 Å². The Morgan fingerprint density at radius 2 is 2.38 bits per heavy atom. The summed E-state index contributed by atoms with van der Waals surface area (Å²) in [5.41, 5.74) is 0.335. The van der Waals surface area contributed by atoms with Gasteiger partial charge in [0.25, 0.3) is 0 Å². The SMILES string of the molecule is CCCn1ccnc1CNCC1(C)COC1. The zero-order chi connectivity index (χ0) is 11.4. The highest BCUT2D eigenvalue weighted by Crippen LogP contribution is 2.25. The van der Waals surface area contributed by atoms with E-state index in [4.69, 9.17) is 4.74 Å². The van der Waals surface area contributed by atoms with E-state index in [1.165, 1.54) is 0 Å². The van der Waals surface area contributed by atoms with Gasteiger partial charge in [-0.15, -0.1) is 0 Å². The number of hydrogen-bond donors (Lipinski definition) is 1. The first-order valence-electron chi connectivity index (χ1n) is 6.02. The summed E-state index contributed by atoms with van der Waals surface area (Å²) in [5.74, 6) is 1.13. The van der Waals surface area contributed by atoms with E-state index in [0.717, 1.165) is 45.1 Å². The van der Waals surface area contributed by atoms with E-state index >= 15 is 0 Å². The molecule has 0 amide bonds. The second-order valence-corrected chi connectivity index (χ2v) is 4.94. The number of aryl methyl sites for hydroxylation is 1. The molecule has 2 rings (SSSR count). The number of nitrogens with zero attached hydrogens (tertiary/aromatic N) is 2. The molecule has 0 saturated carbocycles. The van der Waals surface area contributed by atoms with Crippen molar-refractivity contribution in [3.8, 4) is 0 Å². The van der Waals surface area contributed by atoms with Crippen molar-refractivity contribution in [2.24, 2.45) is 5.41 Å². The summed E-state index contributed by atoms with van der Waals surface area (Å²) >= 11 is 0. The maximum Gasteiger partial charge on any atom is 0.122 e. The van der Waals surface area contributed by atoms with Crippen LogP contribution in [0.1, 0.15) is 26.1 Å². The van der Waals surface area contributed by atoms with Gasteiger partial charge in [-0.05, 0) is 6.42 Å². The summed E-state index contributed by atoms with van der Waals surface area (Å²) in [7, 11) is 0. The van der Waals surface area contributed by atoms with Crippen LogP contribution >= 0.6 is 0 Å². The van der Waals surface area contributed by atoms with Crippen LogP contribution in [0.3, 0.4) is 0 Å². The van der Waals surface area contributed by atoms with Crippen LogP contribution in [0.5, 0.6) is 0 Å². The highest BCUT2D eigenvalue weighted by atomic mass is 16.5. The Morgan fingerprint density at radius 1 is 1.56 bits per heavy atom. The average Bonchev–Trinajstić information content (AvgIpc) is 2.64. The van der Waals surface area contributed by atoms with Crippen LogP contribution in [0.15, 0.2) is 12.4 Å². The predicted octanol–water partition coefficient (Wildman–Crippen LogP) is 1.42. The summed E-state index contributed by atoms with van der Waals surface area (Å²) in [4.78, 5) is 4.37. The standard InChI is InChI=1S/C12H21N3O/c1-3-5-15-6-4-14-11(15)7-13-8-12(2)9-16-10-12/h4,6,13H,3,5,7-10H2,1-2H3. The van der Waals surface area contributed by atoms with E-state index in [-0.39, 0.29) is 0 Å². The first-order chi connectivity index (χ1) is 7.73. The number of rotatable bonds is 6. The van der Waals surface area contributed by atoms with Crippen molar-refractivity contribution in [2.75, 3.05) is 19.8 Å². The van der Waals surface area contributed by atoms with Gasteiger partial charge in [-0.25, -0.2) is 4.98 Å². The van der Waals surface area contributed by atoms with Gasteiger partial charge in [0.05, 0.1) is 19.8 Å². The molecule has 1 N–H and O–H groups in total. The lowest BCUT2D eigenvalue weighted by atomic mass is 9.89. The molecule has 1 aliphatic rings. The van der Waals surface area contributed by atoms with Gasteiger partial charge < -0.3 is 14.6 Å². The molecule has 0 atom stereocenters. The molecule has 0 aliphatic carbocycles. The molecule has 1 fully saturated rings. The average molecular weight is 223 g/mol. The minimum Gasteiger partial charge on any atom is -0.380 e. The first-order valence-corrected chi connectivity index (χ1v) is 6.02. The van der Waals surface area contributed by atoms with Crippen LogP contribution in [0.25, 0.3) is 0 Å². The lowest BCUT2D eigenvalue weighted by molar-refractivity contribution is -0.0992. The van der Waals surface area contributed by atoms with Crippen molar-refractivity contribution < 1.29 is 4.74 Å².